The Morgan fingerprint density at radius 1 is 1.68 bits per heavy atom. The zero-order valence-corrected chi connectivity index (χ0v) is 11.2. The lowest BCUT2D eigenvalue weighted by atomic mass is 10.2. The van der Waals surface area contributed by atoms with E-state index in [-0.39, 0.29) is 0 Å². The third kappa shape index (κ3) is 3.30. The molecule has 4 N–H and O–H groups in total. The van der Waals surface area contributed by atoms with Gasteiger partial charge in [0.15, 0.2) is 5.13 Å². The molecule has 0 bridgehead atoms. The SMILES string of the molecule is Cn1nccc1CCNc1nc(C(N)C(=O)O)cs1. The van der Waals surface area contributed by atoms with Crippen molar-refractivity contribution < 1.29 is 9.90 Å². The van der Waals surface area contributed by atoms with Gasteiger partial charge in [0.1, 0.15) is 6.04 Å². The summed E-state index contributed by atoms with van der Waals surface area (Å²) in [5.74, 6) is -1.08. The molecule has 2 rings (SSSR count). The van der Waals surface area contributed by atoms with Gasteiger partial charge >= 0.3 is 5.97 Å². The Bertz CT molecular complexity index is 565. The van der Waals surface area contributed by atoms with Gasteiger partial charge in [-0.2, -0.15) is 5.10 Å². The fourth-order valence-electron chi connectivity index (χ4n) is 1.58. The zero-order chi connectivity index (χ0) is 13.8. The van der Waals surface area contributed by atoms with Crippen LogP contribution in [-0.2, 0) is 18.3 Å². The molecule has 8 heteroatoms. The van der Waals surface area contributed by atoms with Crippen LogP contribution in [-0.4, -0.2) is 32.4 Å². The maximum Gasteiger partial charge on any atom is 0.326 e. The van der Waals surface area contributed by atoms with Crippen molar-refractivity contribution >= 4 is 22.4 Å². The van der Waals surface area contributed by atoms with Crippen molar-refractivity contribution in [1.82, 2.24) is 14.8 Å². The Balaban J connectivity index is 1.87. The van der Waals surface area contributed by atoms with Crippen LogP contribution in [0.2, 0.25) is 0 Å². The Labute approximate surface area is 114 Å². The highest BCUT2D eigenvalue weighted by Gasteiger charge is 2.17. The molecule has 1 unspecified atom stereocenters. The number of nitrogens with two attached hydrogens (primary N) is 1. The van der Waals surface area contributed by atoms with Crippen molar-refractivity contribution in [2.75, 3.05) is 11.9 Å². The summed E-state index contributed by atoms with van der Waals surface area (Å²) in [6.07, 6.45) is 2.57. The first-order valence-electron chi connectivity index (χ1n) is 5.72. The molecule has 0 fully saturated rings. The molecule has 7 nitrogen and oxygen atoms in total. The molecule has 0 saturated heterocycles. The molecular weight excluding hydrogens is 266 g/mol. The standard InChI is InChI=1S/C11H15N5O2S/c1-16-7(3-5-14-16)2-4-13-11-15-8(6-19-11)9(12)10(17)18/h3,5-6,9H,2,4,12H2,1H3,(H,13,15)(H,17,18). The summed E-state index contributed by atoms with van der Waals surface area (Å²) in [5.41, 5.74) is 6.97. The van der Waals surface area contributed by atoms with E-state index in [4.69, 9.17) is 10.8 Å². The second-order valence-electron chi connectivity index (χ2n) is 4.02. The van der Waals surface area contributed by atoms with E-state index in [1.807, 2.05) is 17.8 Å². The highest BCUT2D eigenvalue weighted by Crippen LogP contribution is 2.19. The van der Waals surface area contributed by atoms with Crippen LogP contribution in [0.4, 0.5) is 5.13 Å². The van der Waals surface area contributed by atoms with Gasteiger partial charge in [-0.25, -0.2) is 4.98 Å². The van der Waals surface area contributed by atoms with Crippen molar-refractivity contribution in [3.05, 3.63) is 29.0 Å². The number of aromatic nitrogens is 3. The number of nitrogens with zero attached hydrogens (tertiary/aromatic N) is 3. The summed E-state index contributed by atoms with van der Waals surface area (Å²) in [4.78, 5) is 14.9. The summed E-state index contributed by atoms with van der Waals surface area (Å²) in [5, 5.41) is 18.3. The second kappa shape index (κ2) is 5.81. The summed E-state index contributed by atoms with van der Waals surface area (Å²) in [6.45, 7) is 0.703. The van der Waals surface area contributed by atoms with Gasteiger partial charge in [-0.3, -0.25) is 9.48 Å². The number of thiazole rings is 1. The number of carbonyl (C=O) groups is 1. The van der Waals surface area contributed by atoms with Crippen LogP contribution >= 0.6 is 11.3 Å². The molecule has 2 aromatic heterocycles. The molecule has 102 valence electrons. The highest BCUT2D eigenvalue weighted by atomic mass is 32.1. The van der Waals surface area contributed by atoms with Gasteiger partial charge in [0, 0.05) is 37.3 Å². The summed E-state index contributed by atoms with van der Waals surface area (Å²) in [6, 6.07) is 0.888. The van der Waals surface area contributed by atoms with Gasteiger partial charge in [0.25, 0.3) is 0 Å². The molecule has 0 amide bonds. The third-order valence-corrected chi connectivity index (χ3v) is 3.50. The molecule has 2 heterocycles. The Morgan fingerprint density at radius 2 is 2.47 bits per heavy atom. The van der Waals surface area contributed by atoms with Crippen molar-refractivity contribution in [1.29, 1.82) is 0 Å². The first-order valence-corrected chi connectivity index (χ1v) is 6.60. The fourth-order valence-corrected chi connectivity index (χ4v) is 2.36. The molecule has 0 aliphatic heterocycles. The molecule has 0 aromatic carbocycles. The van der Waals surface area contributed by atoms with Gasteiger partial charge in [-0.15, -0.1) is 11.3 Å². The van der Waals surface area contributed by atoms with Crippen LogP contribution in [0.5, 0.6) is 0 Å². The smallest absolute Gasteiger partial charge is 0.326 e. The number of aliphatic carboxylic acids is 1. The van der Waals surface area contributed by atoms with Gasteiger partial charge in [-0.05, 0) is 6.07 Å². The quantitative estimate of drug-likeness (QED) is 0.716. The van der Waals surface area contributed by atoms with Gasteiger partial charge in [0.05, 0.1) is 5.69 Å². The van der Waals surface area contributed by atoms with E-state index in [2.05, 4.69) is 15.4 Å². The average Bonchev–Trinajstić information content (AvgIpc) is 2.98. The Kier molecular flexibility index (Phi) is 4.13. The van der Waals surface area contributed by atoms with Crippen LogP contribution < -0.4 is 11.1 Å². The predicted molar refractivity (Wildman–Crippen MR) is 72.1 cm³/mol. The van der Waals surface area contributed by atoms with Gasteiger partial charge < -0.3 is 16.2 Å². The average molecular weight is 281 g/mol. The van der Waals surface area contributed by atoms with Crippen LogP contribution in [0.15, 0.2) is 17.6 Å². The maximum atomic E-state index is 10.7. The molecule has 2 aromatic rings. The lowest BCUT2D eigenvalue weighted by Gasteiger charge is -2.04. The lowest BCUT2D eigenvalue weighted by Crippen LogP contribution is -2.21. The minimum absolute atomic E-state index is 0.375. The number of rotatable bonds is 6. The first kappa shape index (κ1) is 13.5. The van der Waals surface area contributed by atoms with E-state index < -0.39 is 12.0 Å². The van der Waals surface area contributed by atoms with Crippen molar-refractivity contribution in [3.8, 4) is 0 Å². The minimum Gasteiger partial charge on any atom is -0.480 e. The number of nitrogens with one attached hydrogen (secondary N) is 1. The summed E-state index contributed by atoms with van der Waals surface area (Å²) in [7, 11) is 1.89. The van der Waals surface area contributed by atoms with E-state index in [1.165, 1.54) is 11.3 Å². The zero-order valence-electron chi connectivity index (χ0n) is 10.4. The first-order chi connectivity index (χ1) is 9.08. The van der Waals surface area contributed by atoms with Gasteiger partial charge in [0.2, 0.25) is 0 Å². The Hall–Kier alpha value is -1.93. The maximum absolute atomic E-state index is 10.7. The van der Waals surface area contributed by atoms with Crippen LogP contribution in [0.25, 0.3) is 0 Å². The molecule has 0 aliphatic carbocycles. The summed E-state index contributed by atoms with van der Waals surface area (Å²) >= 11 is 1.35. The van der Waals surface area contributed by atoms with Gasteiger partial charge in [-0.1, -0.05) is 0 Å². The van der Waals surface area contributed by atoms with E-state index in [1.54, 1.807) is 11.6 Å². The van der Waals surface area contributed by atoms with E-state index in [0.29, 0.717) is 17.4 Å². The van der Waals surface area contributed by atoms with Crippen LogP contribution in [0.3, 0.4) is 0 Å². The molecular formula is C11H15N5O2S. The number of carboxylic acids is 1. The van der Waals surface area contributed by atoms with Crippen molar-refractivity contribution in [2.45, 2.75) is 12.5 Å². The van der Waals surface area contributed by atoms with Crippen molar-refractivity contribution in [2.24, 2.45) is 12.8 Å². The molecule has 1 atom stereocenters. The van der Waals surface area contributed by atoms with E-state index in [0.717, 1.165) is 12.1 Å². The second-order valence-corrected chi connectivity index (χ2v) is 4.87. The van der Waals surface area contributed by atoms with Crippen LogP contribution in [0.1, 0.15) is 17.4 Å². The fraction of sp³-hybridized carbons (Fsp3) is 0.364. The van der Waals surface area contributed by atoms with E-state index in [9.17, 15) is 4.79 Å². The predicted octanol–water partition coefficient (Wildman–Crippen LogP) is 0.616. The number of anilines is 1. The third-order valence-electron chi connectivity index (χ3n) is 2.69. The van der Waals surface area contributed by atoms with Crippen molar-refractivity contribution in [3.63, 3.8) is 0 Å². The monoisotopic (exact) mass is 281 g/mol. The molecule has 0 radical (unpaired) electrons. The number of hydrogen-bond acceptors (Lipinski definition) is 6. The summed E-state index contributed by atoms with van der Waals surface area (Å²) < 4.78 is 1.81. The van der Waals surface area contributed by atoms with E-state index >= 15 is 0 Å². The Morgan fingerprint density at radius 3 is 3.11 bits per heavy atom. The number of hydrogen-bond donors (Lipinski definition) is 3. The highest BCUT2D eigenvalue weighted by molar-refractivity contribution is 7.13. The number of aryl methyl sites for hydroxylation is 1. The molecule has 19 heavy (non-hydrogen) atoms. The molecule has 0 aliphatic rings. The van der Waals surface area contributed by atoms with Crippen LogP contribution in [0, 0.1) is 0 Å². The minimum atomic E-state index is -1.08. The molecule has 0 spiro atoms. The largest absolute Gasteiger partial charge is 0.480 e. The lowest BCUT2D eigenvalue weighted by molar-refractivity contribution is -0.138. The number of carboxylic acid groups (broad SMARTS) is 1. The topological polar surface area (TPSA) is 106 Å². The normalized spacial score (nSPS) is 12.3. The molecule has 0 saturated carbocycles.